The van der Waals surface area contributed by atoms with Gasteiger partial charge in [-0.3, -0.25) is 14.2 Å². The summed E-state index contributed by atoms with van der Waals surface area (Å²) < 4.78 is 69.4. The Morgan fingerprint density at radius 3 is 2.57 bits per heavy atom. The predicted octanol–water partition coefficient (Wildman–Crippen LogP) is 4.35. The molecule has 2 atom stereocenters. The minimum Gasteiger partial charge on any atom is -0.388 e. The van der Waals surface area contributed by atoms with Gasteiger partial charge in [-0.1, -0.05) is 18.5 Å². The molecule has 3 heterocycles. The van der Waals surface area contributed by atoms with Gasteiger partial charge in [0.05, 0.1) is 16.0 Å². The van der Waals surface area contributed by atoms with E-state index < -0.39 is 63.5 Å². The fraction of sp³-hybridized carbons (Fsp3) is 0.375. The molecule has 1 saturated heterocycles. The van der Waals surface area contributed by atoms with Gasteiger partial charge in [-0.15, -0.1) is 0 Å². The number of aromatic nitrogens is 2. The summed E-state index contributed by atoms with van der Waals surface area (Å²) in [5.41, 5.74) is -3.26. The van der Waals surface area contributed by atoms with Crippen molar-refractivity contribution in [1.29, 1.82) is 0 Å². The van der Waals surface area contributed by atoms with Crippen LogP contribution in [0.3, 0.4) is 0 Å². The molecule has 1 fully saturated rings. The lowest BCUT2D eigenvalue weighted by molar-refractivity contribution is -0.153. The van der Waals surface area contributed by atoms with E-state index in [-0.39, 0.29) is 17.6 Å². The monoisotopic (exact) mass is 544 g/mol. The molecule has 2 N–H and O–H groups in total. The zero-order chi connectivity index (χ0) is 27.3. The van der Waals surface area contributed by atoms with E-state index in [1.54, 1.807) is 17.1 Å². The van der Waals surface area contributed by atoms with Gasteiger partial charge in [-0.25, -0.2) is 13.8 Å². The van der Waals surface area contributed by atoms with Crippen molar-refractivity contribution in [1.82, 2.24) is 14.9 Å². The van der Waals surface area contributed by atoms with E-state index in [1.165, 1.54) is 19.1 Å². The molecule has 0 saturated carbocycles. The van der Waals surface area contributed by atoms with Crippen LogP contribution in [-0.2, 0) is 0 Å². The zero-order valence-electron chi connectivity index (χ0n) is 19.7. The number of alkyl halides is 3. The maximum Gasteiger partial charge on any atom is 0.408 e. The van der Waals surface area contributed by atoms with Crippen LogP contribution in [0.2, 0.25) is 5.02 Å². The molecule has 1 aliphatic rings. The smallest absolute Gasteiger partial charge is 0.388 e. The summed E-state index contributed by atoms with van der Waals surface area (Å²) in [6, 6.07) is 1.87. The third-order valence-corrected chi connectivity index (χ3v) is 6.48. The molecule has 37 heavy (non-hydrogen) atoms. The van der Waals surface area contributed by atoms with E-state index in [0.29, 0.717) is 24.8 Å². The highest BCUT2D eigenvalue weighted by molar-refractivity contribution is 6.32. The van der Waals surface area contributed by atoms with E-state index in [0.717, 1.165) is 16.8 Å². The molecule has 2 aromatic heterocycles. The second-order valence-corrected chi connectivity index (χ2v) is 9.55. The number of amides is 1. The molecule has 7 nitrogen and oxygen atoms in total. The summed E-state index contributed by atoms with van der Waals surface area (Å²) >= 11 is 6.11. The SMILES string of the molecule is CCC(NC(=O)c1cn(-c2c(F)cc(F)cc2Cl)c2nc(N3CCC(C)(O)C3)ccc2c1=O)C(F)(F)F. The number of carbonyl (C=O) groups is 1. The first-order chi connectivity index (χ1) is 17.2. The topological polar surface area (TPSA) is 87.5 Å². The number of β-amino-alcohol motifs (C(OH)–C–C–N with tert-alkyl or cyclic N) is 1. The fourth-order valence-corrected chi connectivity index (χ4v) is 4.54. The number of halogens is 6. The molecule has 0 spiro atoms. The number of nitrogens with zero attached hydrogens (tertiary/aromatic N) is 3. The van der Waals surface area contributed by atoms with Crippen molar-refractivity contribution in [3.63, 3.8) is 0 Å². The molecule has 4 rings (SSSR count). The summed E-state index contributed by atoms with van der Waals surface area (Å²) in [6.07, 6.45) is -3.98. The van der Waals surface area contributed by atoms with E-state index in [4.69, 9.17) is 11.6 Å². The minimum absolute atomic E-state index is 0.166. The highest BCUT2D eigenvalue weighted by atomic mass is 35.5. The zero-order valence-corrected chi connectivity index (χ0v) is 20.4. The highest BCUT2D eigenvalue weighted by Gasteiger charge is 2.40. The van der Waals surface area contributed by atoms with Crippen LogP contribution in [-0.4, -0.2) is 51.5 Å². The standard InChI is InChI=1S/C24H22ClF5N4O3/c1-3-17(24(28,29)30)31-22(36)14-10-34(19-15(25)8-12(26)9-16(19)27)21-13(20(14)35)4-5-18(32-21)33-7-6-23(2,37)11-33/h4-5,8-10,17,37H,3,6-7,11H2,1-2H3,(H,31,36). The fourth-order valence-electron chi connectivity index (χ4n) is 4.26. The molecule has 1 aromatic carbocycles. The summed E-state index contributed by atoms with van der Waals surface area (Å²) in [5, 5.41) is 11.5. The van der Waals surface area contributed by atoms with Crippen molar-refractivity contribution in [2.75, 3.05) is 18.0 Å². The number of hydrogen-bond acceptors (Lipinski definition) is 5. The van der Waals surface area contributed by atoms with Gasteiger partial charge in [0.1, 0.15) is 28.9 Å². The first kappa shape index (κ1) is 26.8. The number of carbonyl (C=O) groups excluding carboxylic acids is 1. The number of nitrogens with one attached hydrogen (secondary N) is 1. The molecule has 198 valence electrons. The van der Waals surface area contributed by atoms with Gasteiger partial charge in [0, 0.05) is 25.4 Å². The number of pyridine rings is 2. The lowest BCUT2D eigenvalue weighted by Gasteiger charge is -2.22. The minimum atomic E-state index is -4.76. The lowest BCUT2D eigenvalue weighted by Crippen LogP contribution is -2.46. The van der Waals surface area contributed by atoms with Crippen LogP contribution in [0, 0.1) is 11.6 Å². The number of rotatable bonds is 5. The largest absolute Gasteiger partial charge is 0.408 e. The first-order valence-corrected chi connectivity index (χ1v) is 11.7. The van der Waals surface area contributed by atoms with Crippen LogP contribution in [0.4, 0.5) is 27.8 Å². The Morgan fingerprint density at radius 2 is 2.00 bits per heavy atom. The average Bonchev–Trinajstić information content (AvgIpc) is 3.16. The normalized spacial score (nSPS) is 18.9. The first-order valence-electron chi connectivity index (χ1n) is 11.3. The molecule has 13 heteroatoms. The van der Waals surface area contributed by atoms with Crippen molar-refractivity contribution in [2.24, 2.45) is 0 Å². The molecule has 2 unspecified atom stereocenters. The number of hydrogen-bond donors (Lipinski definition) is 2. The maximum atomic E-state index is 14.9. The van der Waals surface area contributed by atoms with Crippen LogP contribution in [0.15, 0.2) is 35.3 Å². The maximum absolute atomic E-state index is 14.9. The molecule has 1 aliphatic heterocycles. The summed E-state index contributed by atoms with van der Waals surface area (Å²) in [4.78, 5) is 32.2. The average molecular weight is 545 g/mol. The Hall–Kier alpha value is -3.25. The van der Waals surface area contributed by atoms with Crippen molar-refractivity contribution >= 4 is 34.4 Å². The Kier molecular flexibility index (Phi) is 6.93. The van der Waals surface area contributed by atoms with Crippen LogP contribution < -0.4 is 15.6 Å². The van der Waals surface area contributed by atoms with Crippen LogP contribution in [0.1, 0.15) is 37.0 Å². The van der Waals surface area contributed by atoms with Crippen LogP contribution >= 0.6 is 11.6 Å². The number of benzene rings is 1. The van der Waals surface area contributed by atoms with Gasteiger partial charge in [-0.05, 0) is 38.0 Å². The van der Waals surface area contributed by atoms with E-state index in [1.807, 2.05) is 0 Å². The molecule has 0 radical (unpaired) electrons. The summed E-state index contributed by atoms with van der Waals surface area (Å²) in [7, 11) is 0. The predicted molar refractivity (Wildman–Crippen MR) is 127 cm³/mol. The number of anilines is 1. The summed E-state index contributed by atoms with van der Waals surface area (Å²) in [6.45, 7) is 3.51. The quantitative estimate of drug-likeness (QED) is 0.467. The van der Waals surface area contributed by atoms with Gasteiger partial charge in [0.25, 0.3) is 5.91 Å². The molecule has 0 bridgehead atoms. The highest BCUT2D eigenvalue weighted by Crippen LogP contribution is 2.30. The Bertz CT molecular complexity index is 1420. The third kappa shape index (κ3) is 5.26. The molecule has 3 aromatic rings. The Labute approximate surface area is 212 Å². The van der Waals surface area contributed by atoms with E-state index in [2.05, 4.69) is 4.98 Å². The third-order valence-electron chi connectivity index (χ3n) is 6.19. The molecule has 1 amide bonds. The van der Waals surface area contributed by atoms with Gasteiger partial charge in [0.2, 0.25) is 5.43 Å². The molecular formula is C24H22ClF5N4O3. The van der Waals surface area contributed by atoms with Gasteiger partial charge in [0.15, 0.2) is 11.5 Å². The van der Waals surface area contributed by atoms with E-state index in [9.17, 15) is 36.6 Å². The second-order valence-electron chi connectivity index (χ2n) is 9.14. The van der Waals surface area contributed by atoms with Crippen LogP contribution in [0.25, 0.3) is 16.7 Å². The van der Waals surface area contributed by atoms with Gasteiger partial charge >= 0.3 is 6.18 Å². The van der Waals surface area contributed by atoms with Crippen molar-refractivity contribution in [3.05, 3.63) is 62.9 Å². The van der Waals surface area contributed by atoms with Crippen molar-refractivity contribution < 1.29 is 31.9 Å². The molecule has 0 aliphatic carbocycles. The summed E-state index contributed by atoms with van der Waals surface area (Å²) in [5.74, 6) is -3.15. The Balaban J connectivity index is 1.94. The number of aliphatic hydroxyl groups is 1. The number of fused-ring (bicyclic) bond motifs is 1. The lowest BCUT2D eigenvalue weighted by atomic mass is 10.1. The van der Waals surface area contributed by atoms with Crippen LogP contribution in [0.5, 0.6) is 0 Å². The van der Waals surface area contributed by atoms with Crippen molar-refractivity contribution in [2.45, 2.75) is 44.5 Å². The Morgan fingerprint density at radius 1 is 1.30 bits per heavy atom. The van der Waals surface area contributed by atoms with Gasteiger partial charge in [-0.2, -0.15) is 13.2 Å². The second kappa shape index (κ2) is 9.56. The van der Waals surface area contributed by atoms with E-state index >= 15 is 0 Å². The van der Waals surface area contributed by atoms with Crippen molar-refractivity contribution in [3.8, 4) is 5.69 Å². The van der Waals surface area contributed by atoms with Gasteiger partial charge < -0.3 is 15.3 Å². The molecular weight excluding hydrogens is 523 g/mol.